The molecular weight excluding hydrogens is 328 g/mol. The van der Waals surface area contributed by atoms with Crippen LogP contribution in [0.3, 0.4) is 0 Å². The first kappa shape index (κ1) is 18.0. The van der Waals surface area contributed by atoms with E-state index in [0.29, 0.717) is 11.4 Å². The van der Waals surface area contributed by atoms with Crippen molar-refractivity contribution in [1.29, 1.82) is 0 Å². The van der Waals surface area contributed by atoms with Gasteiger partial charge in [0, 0.05) is 5.69 Å². The topological polar surface area (TPSA) is 84.5 Å². The summed E-state index contributed by atoms with van der Waals surface area (Å²) in [4.78, 5) is 12.2. The highest BCUT2D eigenvalue weighted by Crippen LogP contribution is 2.16. The molecule has 7 heteroatoms. The largest absolute Gasteiger partial charge is 0.497 e. The van der Waals surface area contributed by atoms with E-state index in [4.69, 9.17) is 4.74 Å². The fourth-order valence-corrected chi connectivity index (χ4v) is 3.29. The maximum Gasteiger partial charge on any atom is 0.242 e. The van der Waals surface area contributed by atoms with Gasteiger partial charge in [0.1, 0.15) is 5.75 Å². The van der Waals surface area contributed by atoms with Gasteiger partial charge < -0.3 is 10.1 Å². The number of hydrogen-bond donors (Lipinski definition) is 2. The minimum absolute atomic E-state index is 0.0681. The van der Waals surface area contributed by atoms with Gasteiger partial charge in [-0.25, -0.2) is 8.42 Å². The Hall–Kier alpha value is -2.38. The SMILES string of the molecule is COc1ccc(S(=O)(=O)NC(C)C(=O)Nc2cccc(C)c2)cc1. The standard InChI is InChI=1S/C17H20N2O4S/c1-12-5-4-6-14(11-12)18-17(20)13(2)19-24(21,22)16-9-7-15(23-3)8-10-16/h4-11,13,19H,1-3H3,(H,18,20). The molecule has 1 atom stereocenters. The molecule has 1 unspecified atom stereocenters. The Kier molecular flexibility index (Phi) is 5.58. The van der Waals surface area contributed by atoms with Crippen LogP contribution in [0.15, 0.2) is 53.4 Å². The summed E-state index contributed by atoms with van der Waals surface area (Å²) in [6.07, 6.45) is 0. The van der Waals surface area contributed by atoms with Crippen LogP contribution >= 0.6 is 0 Å². The van der Waals surface area contributed by atoms with Crippen LogP contribution in [-0.4, -0.2) is 27.5 Å². The van der Waals surface area contributed by atoms with Crippen molar-refractivity contribution < 1.29 is 17.9 Å². The summed E-state index contributed by atoms with van der Waals surface area (Å²) < 4.78 is 32.0. The second kappa shape index (κ2) is 7.46. The second-order valence-corrected chi connectivity index (χ2v) is 7.09. The highest BCUT2D eigenvalue weighted by molar-refractivity contribution is 7.89. The quantitative estimate of drug-likeness (QED) is 0.839. The molecular formula is C17H20N2O4S. The molecule has 0 aliphatic rings. The van der Waals surface area contributed by atoms with Crippen LogP contribution in [0.4, 0.5) is 5.69 Å². The Balaban J connectivity index is 2.06. The molecule has 0 fully saturated rings. The zero-order chi connectivity index (χ0) is 17.7. The first-order chi connectivity index (χ1) is 11.3. The van der Waals surface area contributed by atoms with Crippen molar-refractivity contribution in [2.24, 2.45) is 0 Å². The van der Waals surface area contributed by atoms with Crippen molar-refractivity contribution in [2.45, 2.75) is 24.8 Å². The number of rotatable bonds is 6. The number of aryl methyl sites for hydroxylation is 1. The second-order valence-electron chi connectivity index (χ2n) is 5.38. The predicted octanol–water partition coefficient (Wildman–Crippen LogP) is 2.31. The van der Waals surface area contributed by atoms with Crippen LogP contribution in [0.1, 0.15) is 12.5 Å². The molecule has 0 saturated heterocycles. The molecule has 0 aliphatic heterocycles. The molecule has 2 N–H and O–H groups in total. The summed E-state index contributed by atoms with van der Waals surface area (Å²) in [5, 5.41) is 2.69. The van der Waals surface area contributed by atoms with E-state index >= 15 is 0 Å². The molecule has 0 spiro atoms. The zero-order valence-electron chi connectivity index (χ0n) is 13.7. The Labute approximate surface area is 141 Å². The van der Waals surface area contributed by atoms with Crippen molar-refractivity contribution >= 4 is 21.6 Å². The van der Waals surface area contributed by atoms with Gasteiger partial charge in [0.15, 0.2) is 0 Å². The molecule has 0 aromatic heterocycles. The van der Waals surface area contributed by atoms with Crippen molar-refractivity contribution in [3.05, 3.63) is 54.1 Å². The van der Waals surface area contributed by atoms with E-state index in [1.54, 1.807) is 18.2 Å². The first-order valence-corrected chi connectivity index (χ1v) is 8.84. The summed E-state index contributed by atoms with van der Waals surface area (Å²) in [6, 6.07) is 12.3. The third-order valence-corrected chi connectivity index (χ3v) is 4.94. The third kappa shape index (κ3) is 4.56. The average molecular weight is 348 g/mol. The highest BCUT2D eigenvalue weighted by Gasteiger charge is 2.22. The Morgan fingerprint density at radius 1 is 1.12 bits per heavy atom. The molecule has 1 amide bonds. The lowest BCUT2D eigenvalue weighted by Gasteiger charge is -2.15. The number of carbonyl (C=O) groups excluding carboxylic acids is 1. The lowest BCUT2D eigenvalue weighted by Crippen LogP contribution is -2.41. The van der Waals surface area contributed by atoms with Gasteiger partial charge in [-0.05, 0) is 55.8 Å². The summed E-state index contributed by atoms with van der Waals surface area (Å²) in [6.45, 7) is 3.40. The monoisotopic (exact) mass is 348 g/mol. The van der Waals surface area contributed by atoms with Gasteiger partial charge in [-0.15, -0.1) is 0 Å². The Bertz CT molecular complexity index is 817. The highest BCUT2D eigenvalue weighted by atomic mass is 32.2. The molecule has 6 nitrogen and oxygen atoms in total. The molecule has 2 aromatic carbocycles. The normalized spacial score (nSPS) is 12.5. The van der Waals surface area contributed by atoms with Gasteiger partial charge in [0.25, 0.3) is 0 Å². The van der Waals surface area contributed by atoms with Crippen LogP contribution in [0.25, 0.3) is 0 Å². The van der Waals surface area contributed by atoms with Crippen LogP contribution in [0.5, 0.6) is 5.75 Å². The number of anilines is 1. The molecule has 0 saturated carbocycles. The van der Waals surface area contributed by atoms with Gasteiger partial charge >= 0.3 is 0 Å². The Morgan fingerprint density at radius 2 is 1.79 bits per heavy atom. The number of ether oxygens (including phenoxy) is 1. The summed E-state index contributed by atoms with van der Waals surface area (Å²) >= 11 is 0. The smallest absolute Gasteiger partial charge is 0.242 e. The van der Waals surface area contributed by atoms with E-state index in [1.807, 2.05) is 25.1 Å². The van der Waals surface area contributed by atoms with Crippen molar-refractivity contribution in [3.8, 4) is 5.75 Å². The molecule has 24 heavy (non-hydrogen) atoms. The fourth-order valence-electron chi connectivity index (χ4n) is 2.08. The maximum absolute atomic E-state index is 12.3. The van der Waals surface area contributed by atoms with Crippen molar-refractivity contribution in [3.63, 3.8) is 0 Å². The van der Waals surface area contributed by atoms with Gasteiger partial charge in [-0.1, -0.05) is 12.1 Å². The van der Waals surface area contributed by atoms with Gasteiger partial charge in [-0.2, -0.15) is 4.72 Å². The number of hydrogen-bond acceptors (Lipinski definition) is 4. The van der Waals surface area contributed by atoms with Crippen LogP contribution < -0.4 is 14.8 Å². The number of carbonyl (C=O) groups is 1. The molecule has 128 valence electrons. The predicted molar refractivity (Wildman–Crippen MR) is 92.6 cm³/mol. The van der Waals surface area contributed by atoms with Crippen LogP contribution in [-0.2, 0) is 14.8 Å². The third-order valence-electron chi connectivity index (χ3n) is 3.38. The lowest BCUT2D eigenvalue weighted by atomic mass is 10.2. The van der Waals surface area contributed by atoms with E-state index in [9.17, 15) is 13.2 Å². The lowest BCUT2D eigenvalue weighted by molar-refractivity contribution is -0.117. The minimum Gasteiger partial charge on any atom is -0.497 e. The molecule has 0 heterocycles. The van der Waals surface area contributed by atoms with E-state index in [1.165, 1.54) is 26.2 Å². The summed E-state index contributed by atoms with van der Waals surface area (Å²) in [7, 11) is -2.30. The van der Waals surface area contributed by atoms with Crippen molar-refractivity contribution in [1.82, 2.24) is 4.72 Å². The van der Waals surface area contributed by atoms with Gasteiger partial charge in [0.05, 0.1) is 18.0 Å². The van der Waals surface area contributed by atoms with E-state index < -0.39 is 22.0 Å². The maximum atomic E-state index is 12.3. The van der Waals surface area contributed by atoms with Gasteiger partial charge in [0.2, 0.25) is 15.9 Å². The van der Waals surface area contributed by atoms with Crippen molar-refractivity contribution in [2.75, 3.05) is 12.4 Å². The number of amides is 1. The summed E-state index contributed by atoms with van der Waals surface area (Å²) in [5.74, 6) is 0.122. The molecule has 2 rings (SSSR count). The number of nitrogens with one attached hydrogen (secondary N) is 2. The van der Waals surface area contributed by atoms with Crippen LogP contribution in [0.2, 0.25) is 0 Å². The van der Waals surface area contributed by atoms with Gasteiger partial charge in [-0.3, -0.25) is 4.79 Å². The zero-order valence-corrected chi connectivity index (χ0v) is 14.6. The summed E-state index contributed by atoms with van der Waals surface area (Å²) in [5.41, 5.74) is 1.62. The molecule has 0 radical (unpaired) electrons. The van der Waals surface area contributed by atoms with E-state index in [0.717, 1.165) is 5.56 Å². The molecule has 0 aliphatic carbocycles. The van der Waals surface area contributed by atoms with Crippen LogP contribution in [0, 0.1) is 6.92 Å². The van der Waals surface area contributed by atoms with E-state index in [2.05, 4.69) is 10.0 Å². The number of benzene rings is 2. The fraction of sp³-hybridized carbons (Fsp3) is 0.235. The average Bonchev–Trinajstić information content (AvgIpc) is 2.54. The molecule has 2 aromatic rings. The first-order valence-electron chi connectivity index (χ1n) is 7.36. The number of methoxy groups -OCH3 is 1. The number of sulfonamides is 1. The Morgan fingerprint density at radius 3 is 2.38 bits per heavy atom. The van der Waals surface area contributed by atoms with E-state index in [-0.39, 0.29) is 4.90 Å². The minimum atomic E-state index is -3.80. The molecule has 0 bridgehead atoms.